The second kappa shape index (κ2) is 11.3. The lowest BCUT2D eigenvalue weighted by Gasteiger charge is -2.24. The maximum atomic E-state index is 13.3. The summed E-state index contributed by atoms with van der Waals surface area (Å²) in [7, 11) is 0. The first-order valence-corrected chi connectivity index (χ1v) is 11.8. The van der Waals surface area contributed by atoms with Crippen molar-refractivity contribution >= 4 is 46.6 Å². The fraction of sp³-hybridized carbons (Fsp3) is 0.208. The second-order valence-corrected chi connectivity index (χ2v) is 9.44. The number of carbonyl (C=O) groups is 4. The molecule has 0 saturated carbocycles. The molecule has 3 rings (SSSR count). The van der Waals surface area contributed by atoms with E-state index in [0.717, 1.165) is 11.3 Å². The third kappa shape index (κ3) is 6.25. The first-order chi connectivity index (χ1) is 17.0. The van der Waals surface area contributed by atoms with Crippen LogP contribution in [0, 0.1) is 13.8 Å². The normalized spacial score (nSPS) is 11.6. The van der Waals surface area contributed by atoms with E-state index in [1.807, 2.05) is 0 Å². The lowest BCUT2D eigenvalue weighted by atomic mass is 10.1. The molecule has 0 aliphatic carbocycles. The number of aromatic hydroxyl groups is 1. The number of benzene rings is 2. The molecule has 12 heteroatoms. The quantitative estimate of drug-likeness (QED) is 0.256. The molecule has 2 aromatic carbocycles. The van der Waals surface area contributed by atoms with Crippen molar-refractivity contribution in [1.82, 2.24) is 20.7 Å². The average Bonchev–Trinajstić information content (AvgIpc) is 3.17. The fourth-order valence-corrected chi connectivity index (χ4v) is 4.30. The smallest absolute Gasteiger partial charge is 0.322 e. The molecule has 4 N–H and O–H groups in total. The Kier molecular flexibility index (Phi) is 8.41. The minimum atomic E-state index is -1.28. The van der Waals surface area contributed by atoms with Crippen LogP contribution in [0.4, 0.5) is 0 Å². The number of carboxylic acid groups (broad SMARTS) is 1. The molecule has 0 spiro atoms. The zero-order valence-electron chi connectivity index (χ0n) is 19.5. The van der Waals surface area contributed by atoms with E-state index >= 15 is 0 Å². The van der Waals surface area contributed by atoms with Crippen LogP contribution in [0.15, 0.2) is 42.5 Å². The monoisotopic (exact) mass is 530 g/mol. The van der Waals surface area contributed by atoms with Crippen molar-refractivity contribution < 1.29 is 29.4 Å². The van der Waals surface area contributed by atoms with Gasteiger partial charge in [-0.3, -0.25) is 19.2 Å². The summed E-state index contributed by atoms with van der Waals surface area (Å²) in [5, 5.41) is 22.6. The Morgan fingerprint density at radius 2 is 1.83 bits per heavy atom. The summed E-state index contributed by atoms with van der Waals surface area (Å²) in [5.41, 5.74) is 3.54. The van der Waals surface area contributed by atoms with Crippen LogP contribution in [-0.2, 0) is 11.3 Å². The lowest BCUT2D eigenvalue weighted by Crippen LogP contribution is -2.53. The van der Waals surface area contributed by atoms with Crippen LogP contribution in [0.25, 0.3) is 0 Å². The Morgan fingerprint density at radius 1 is 1.11 bits per heavy atom. The molecule has 0 fully saturated rings. The van der Waals surface area contributed by atoms with Crippen molar-refractivity contribution in [2.45, 2.75) is 33.4 Å². The second-order valence-electron chi connectivity index (χ2n) is 7.83. The van der Waals surface area contributed by atoms with Gasteiger partial charge >= 0.3 is 5.97 Å². The number of nitrogens with zero attached hydrogens (tertiary/aromatic N) is 2. The van der Waals surface area contributed by atoms with Crippen LogP contribution in [0.1, 0.15) is 53.6 Å². The predicted molar refractivity (Wildman–Crippen MR) is 133 cm³/mol. The number of phenols is 1. The predicted octanol–water partition coefficient (Wildman–Crippen LogP) is 3.31. The highest BCUT2D eigenvalue weighted by Gasteiger charge is 2.31. The van der Waals surface area contributed by atoms with E-state index in [9.17, 15) is 29.4 Å². The molecule has 36 heavy (non-hydrogen) atoms. The molecule has 0 bridgehead atoms. The molecule has 0 aliphatic rings. The van der Waals surface area contributed by atoms with Crippen molar-refractivity contribution in [3.05, 3.63) is 79.8 Å². The van der Waals surface area contributed by atoms with E-state index in [-0.39, 0.29) is 33.3 Å². The standard InChI is InChI=1S/C24H23ClN4O6S/c1-12-20(36-14(3)27-12)23(33)29(28-13(2)24(34)35)22(32)18-8-7-16(10-19(18)25)21(31)26-11-15-5-4-6-17(30)9-15/h4-10,13,28,30H,11H2,1-3H3,(H,26,31)(H,34,35)/t13-/m0/s1. The summed E-state index contributed by atoms with van der Waals surface area (Å²) < 4.78 is 0. The molecule has 10 nitrogen and oxygen atoms in total. The Morgan fingerprint density at radius 3 is 2.42 bits per heavy atom. The third-order valence-electron chi connectivity index (χ3n) is 5.02. The summed E-state index contributed by atoms with van der Waals surface area (Å²) in [6.45, 7) is 4.74. The van der Waals surface area contributed by atoms with Crippen molar-refractivity contribution in [2.24, 2.45) is 0 Å². The zero-order chi connectivity index (χ0) is 26.6. The molecule has 1 aromatic heterocycles. The summed E-state index contributed by atoms with van der Waals surface area (Å²) in [6, 6.07) is 9.06. The maximum absolute atomic E-state index is 13.3. The van der Waals surface area contributed by atoms with Crippen LogP contribution in [0.5, 0.6) is 5.75 Å². The van der Waals surface area contributed by atoms with Crippen molar-refractivity contribution in [3.8, 4) is 5.75 Å². The number of aliphatic carboxylic acids is 1. The molecular weight excluding hydrogens is 508 g/mol. The van der Waals surface area contributed by atoms with Crippen molar-refractivity contribution in [2.75, 3.05) is 0 Å². The number of amides is 3. The van der Waals surface area contributed by atoms with Gasteiger partial charge in [-0.2, -0.15) is 0 Å². The van der Waals surface area contributed by atoms with Gasteiger partial charge in [0, 0.05) is 12.1 Å². The number of halogens is 1. The number of aromatic nitrogens is 1. The van der Waals surface area contributed by atoms with Crippen molar-refractivity contribution in [1.29, 1.82) is 0 Å². The minimum Gasteiger partial charge on any atom is -0.508 e. The van der Waals surface area contributed by atoms with Gasteiger partial charge in [-0.15, -0.1) is 11.3 Å². The zero-order valence-corrected chi connectivity index (χ0v) is 21.1. The molecule has 0 aliphatic heterocycles. The summed E-state index contributed by atoms with van der Waals surface area (Å²) in [6.07, 6.45) is 0. The van der Waals surface area contributed by atoms with E-state index in [0.29, 0.717) is 21.3 Å². The van der Waals surface area contributed by atoms with Gasteiger partial charge in [-0.25, -0.2) is 15.4 Å². The molecule has 188 valence electrons. The van der Waals surface area contributed by atoms with Gasteiger partial charge in [0.25, 0.3) is 17.7 Å². The third-order valence-corrected chi connectivity index (χ3v) is 6.40. The van der Waals surface area contributed by atoms with E-state index < -0.39 is 29.7 Å². The number of rotatable bonds is 8. The molecule has 0 unspecified atom stereocenters. The molecule has 1 heterocycles. The van der Waals surface area contributed by atoms with Crippen LogP contribution >= 0.6 is 22.9 Å². The Bertz CT molecular complexity index is 1340. The van der Waals surface area contributed by atoms with Gasteiger partial charge in [-0.1, -0.05) is 23.7 Å². The summed E-state index contributed by atoms with van der Waals surface area (Å²) >= 11 is 7.38. The number of hydrogen-bond acceptors (Lipinski definition) is 8. The van der Waals surface area contributed by atoms with Crippen LogP contribution < -0.4 is 10.7 Å². The van der Waals surface area contributed by atoms with Gasteiger partial charge < -0.3 is 15.5 Å². The number of phenolic OH excluding ortho intramolecular Hbond substituents is 1. The van der Waals surface area contributed by atoms with Gasteiger partial charge in [0.1, 0.15) is 16.7 Å². The SMILES string of the molecule is Cc1nc(C)c(C(=O)N(N[C@@H](C)C(=O)O)C(=O)c2ccc(C(=O)NCc3cccc(O)c3)cc2Cl)s1. The van der Waals surface area contributed by atoms with Crippen LogP contribution in [0.2, 0.25) is 5.02 Å². The molecule has 0 radical (unpaired) electrons. The molecule has 1 atom stereocenters. The first kappa shape index (κ1) is 26.8. The number of nitrogens with one attached hydrogen (secondary N) is 2. The number of carbonyl (C=O) groups excluding carboxylic acids is 3. The average molecular weight is 531 g/mol. The number of carboxylic acids is 1. The van der Waals surface area contributed by atoms with Gasteiger partial charge in [0.15, 0.2) is 0 Å². The highest BCUT2D eigenvalue weighted by atomic mass is 35.5. The summed E-state index contributed by atoms with van der Waals surface area (Å²) in [4.78, 5) is 54.8. The molecule has 3 amide bonds. The fourth-order valence-electron chi connectivity index (χ4n) is 3.19. The highest BCUT2D eigenvalue weighted by Crippen LogP contribution is 2.23. The van der Waals surface area contributed by atoms with Gasteiger partial charge in [0.05, 0.1) is 21.3 Å². The number of hydrazine groups is 1. The van der Waals surface area contributed by atoms with Crippen molar-refractivity contribution in [3.63, 3.8) is 0 Å². The van der Waals surface area contributed by atoms with Gasteiger partial charge in [0.2, 0.25) is 0 Å². The van der Waals surface area contributed by atoms with E-state index in [2.05, 4.69) is 15.7 Å². The lowest BCUT2D eigenvalue weighted by molar-refractivity contribution is -0.139. The molecule has 0 saturated heterocycles. The van der Waals surface area contributed by atoms with E-state index in [1.54, 1.807) is 26.0 Å². The Hall–Kier alpha value is -3.80. The topological polar surface area (TPSA) is 149 Å². The largest absolute Gasteiger partial charge is 0.508 e. The maximum Gasteiger partial charge on any atom is 0.322 e. The molecular formula is C24H23ClN4O6S. The number of hydrogen-bond donors (Lipinski definition) is 4. The number of thiazole rings is 1. The summed E-state index contributed by atoms with van der Waals surface area (Å²) in [5.74, 6) is -3.35. The number of imide groups is 1. The minimum absolute atomic E-state index is 0.0706. The Labute approximate surface area is 215 Å². The van der Waals surface area contributed by atoms with Crippen LogP contribution in [0.3, 0.4) is 0 Å². The first-order valence-electron chi connectivity index (χ1n) is 10.7. The Balaban J connectivity index is 1.84. The number of aryl methyl sites for hydroxylation is 2. The van der Waals surface area contributed by atoms with E-state index in [1.165, 1.54) is 37.3 Å². The highest BCUT2D eigenvalue weighted by molar-refractivity contribution is 7.13. The molecule has 3 aromatic rings. The van der Waals surface area contributed by atoms with E-state index in [4.69, 9.17) is 11.6 Å². The van der Waals surface area contributed by atoms with Crippen LogP contribution in [-0.4, -0.2) is 49.9 Å². The van der Waals surface area contributed by atoms with Gasteiger partial charge in [-0.05, 0) is 56.7 Å².